The van der Waals surface area contributed by atoms with E-state index in [9.17, 15) is 0 Å². The molecule has 3 nitrogen and oxygen atoms in total. The molecular formula is C8H19NO2. The molecule has 3 heteroatoms. The quantitative estimate of drug-likeness (QED) is 0.419. The highest BCUT2D eigenvalue weighted by atomic mass is 17.1. The van der Waals surface area contributed by atoms with Gasteiger partial charge in [-0.2, -0.15) is 0 Å². The van der Waals surface area contributed by atoms with E-state index in [1.807, 2.05) is 0 Å². The Kier molecular flexibility index (Phi) is 5.46. The van der Waals surface area contributed by atoms with Gasteiger partial charge < -0.3 is 5.32 Å². The fraction of sp³-hybridized carbons (Fsp3) is 1.00. The van der Waals surface area contributed by atoms with Gasteiger partial charge in [0.1, 0.15) is 0 Å². The van der Waals surface area contributed by atoms with E-state index in [2.05, 4.69) is 10.2 Å². The number of hydrogen-bond donors (Lipinski definition) is 2. The maximum absolute atomic E-state index is 7.90. The van der Waals surface area contributed by atoms with E-state index in [1.54, 1.807) is 20.8 Å². The first kappa shape index (κ1) is 10.9. The van der Waals surface area contributed by atoms with Gasteiger partial charge in [0.05, 0.1) is 5.60 Å². The van der Waals surface area contributed by atoms with Crippen LogP contribution in [0.15, 0.2) is 0 Å². The first-order chi connectivity index (χ1) is 5.06. The minimum absolute atomic E-state index is 0.403. The Bertz CT molecular complexity index is 77.0. The molecule has 0 saturated carbocycles. The van der Waals surface area contributed by atoms with Crippen LogP contribution in [0.2, 0.25) is 0 Å². The zero-order chi connectivity index (χ0) is 8.74. The standard InChI is InChI=1S/C4H9N.C4H10O2/c1-2-4-5-3-1;1-4(2,3)6-5/h5H,1-4H2;5H,1-3H3. The average Bonchev–Trinajstić information content (AvgIpc) is 2.41. The lowest BCUT2D eigenvalue weighted by molar-refractivity contribution is -0.306. The van der Waals surface area contributed by atoms with Gasteiger partial charge in [0.2, 0.25) is 0 Å². The topological polar surface area (TPSA) is 41.5 Å². The van der Waals surface area contributed by atoms with Gasteiger partial charge in [-0.3, -0.25) is 5.26 Å². The fourth-order valence-corrected chi connectivity index (χ4v) is 0.625. The maximum atomic E-state index is 7.90. The van der Waals surface area contributed by atoms with Crippen molar-refractivity contribution < 1.29 is 10.1 Å². The van der Waals surface area contributed by atoms with E-state index in [1.165, 1.54) is 25.9 Å². The molecule has 0 spiro atoms. The Morgan fingerprint density at radius 2 is 1.55 bits per heavy atom. The molecule has 1 rings (SSSR count). The predicted molar refractivity (Wildman–Crippen MR) is 45.6 cm³/mol. The molecule has 0 aromatic heterocycles. The molecule has 0 amide bonds. The van der Waals surface area contributed by atoms with Gasteiger partial charge in [-0.15, -0.1) is 0 Å². The molecular weight excluding hydrogens is 142 g/mol. The largest absolute Gasteiger partial charge is 0.317 e. The number of rotatable bonds is 0. The summed E-state index contributed by atoms with van der Waals surface area (Å²) in [7, 11) is 0. The van der Waals surface area contributed by atoms with Gasteiger partial charge in [-0.1, -0.05) is 0 Å². The van der Waals surface area contributed by atoms with Crippen LogP contribution < -0.4 is 5.32 Å². The van der Waals surface area contributed by atoms with Crippen LogP contribution in [0.4, 0.5) is 0 Å². The van der Waals surface area contributed by atoms with Crippen molar-refractivity contribution in [1.82, 2.24) is 5.32 Å². The smallest absolute Gasteiger partial charge is 0.0949 e. The fourth-order valence-electron chi connectivity index (χ4n) is 0.625. The third kappa shape index (κ3) is 9.88. The zero-order valence-electron chi connectivity index (χ0n) is 7.68. The number of nitrogens with one attached hydrogen (secondary N) is 1. The summed E-state index contributed by atoms with van der Waals surface area (Å²) < 4.78 is 0. The normalized spacial score (nSPS) is 17.5. The summed E-state index contributed by atoms with van der Waals surface area (Å²) in [5.41, 5.74) is -0.403. The molecule has 1 aliphatic rings. The summed E-state index contributed by atoms with van der Waals surface area (Å²) in [6, 6.07) is 0. The van der Waals surface area contributed by atoms with E-state index in [0.29, 0.717) is 0 Å². The van der Waals surface area contributed by atoms with E-state index >= 15 is 0 Å². The van der Waals surface area contributed by atoms with Crippen LogP contribution in [-0.4, -0.2) is 23.9 Å². The molecule has 0 aromatic carbocycles. The van der Waals surface area contributed by atoms with Crippen molar-refractivity contribution in [3.05, 3.63) is 0 Å². The van der Waals surface area contributed by atoms with Crippen LogP contribution in [0.3, 0.4) is 0 Å². The summed E-state index contributed by atoms with van der Waals surface area (Å²) in [4.78, 5) is 3.94. The molecule has 0 atom stereocenters. The van der Waals surface area contributed by atoms with Crippen LogP contribution in [0.5, 0.6) is 0 Å². The lowest BCUT2D eigenvalue weighted by Crippen LogP contribution is -2.15. The SMILES string of the molecule is C1CCNC1.CC(C)(C)OO. The molecule has 2 N–H and O–H groups in total. The Hall–Kier alpha value is -0.120. The van der Waals surface area contributed by atoms with Crippen LogP contribution >= 0.6 is 0 Å². The van der Waals surface area contributed by atoms with Crippen molar-refractivity contribution >= 4 is 0 Å². The monoisotopic (exact) mass is 161 g/mol. The second kappa shape index (κ2) is 5.52. The molecule has 1 fully saturated rings. The van der Waals surface area contributed by atoms with Gasteiger partial charge in [0, 0.05) is 0 Å². The molecule has 0 aromatic rings. The van der Waals surface area contributed by atoms with Crippen molar-refractivity contribution in [3.8, 4) is 0 Å². The zero-order valence-corrected chi connectivity index (χ0v) is 7.68. The van der Waals surface area contributed by atoms with Gasteiger partial charge in [0.15, 0.2) is 0 Å². The highest BCUT2D eigenvalue weighted by Gasteiger charge is 2.06. The molecule has 0 bridgehead atoms. The second-order valence-electron chi connectivity index (χ2n) is 3.66. The van der Waals surface area contributed by atoms with E-state index in [-0.39, 0.29) is 0 Å². The molecule has 1 saturated heterocycles. The van der Waals surface area contributed by atoms with Crippen LogP contribution in [0, 0.1) is 0 Å². The minimum atomic E-state index is -0.403. The van der Waals surface area contributed by atoms with Crippen molar-refractivity contribution in [3.63, 3.8) is 0 Å². The van der Waals surface area contributed by atoms with E-state index in [4.69, 9.17) is 5.26 Å². The van der Waals surface area contributed by atoms with Crippen molar-refractivity contribution in [2.45, 2.75) is 39.2 Å². The van der Waals surface area contributed by atoms with Gasteiger partial charge in [0.25, 0.3) is 0 Å². The summed E-state index contributed by atoms with van der Waals surface area (Å²) in [5.74, 6) is 0. The highest BCUT2D eigenvalue weighted by Crippen LogP contribution is 2.01. The van der Waals surface area contributed by atoms with Gasteiger partial charge in [-0.25, -0.2) is 4.89 Å². The predicted octanol–water partition coefficient (Wildman–Crippen LogP) is 1.64. The molecule has 0 radical (unpaired) electrons. The van der Waals surface area contributed by atoms with Crippen molar-refractivity contribution in [2.75, 3.05) is 13.1 Å². The minimum Gasteiger partial charge on any atom is -0.317 e. The molecule has 11 heavy (non-hydrogen) atoms. The van der Waals surface area contributed by atoms with E-state index in [0.717, 1.165) is 0 Å². The van der Waals surface area contributed by atoms with Crippen LogP contribution in [0.25, 0.3) is 0 Å². The lowest BCUT2D eigenvalue weighted by atomic mass is 10.2. The molecule has 0 aliphatic carbocycles. The Labute approximate surface area is 68.7 Å². The number of hydrogen-bond acceptors (Lipinski definition) is 3. The third-order valence-corrected chi connectivity index (χ3v) is 1.23. The lowest BCUT2D eigenvalue weighted by Gasteiger charge is -2.10. The summed E-state index contributed by atoms with van der Waals surface area (Å²) in [5, 5.41) is 11.1. The summed E-state index contributed by atoms with van der Waals surface area (Å²) in [6.45, 7) is 7.81. The molecule has 68 valence electrons. The van der Waals surface area contributed by atoms with Crippen LogP contribution in [0.1, 0.15) is 33.6 Å². The Morgan fingerprint density at radius 1 is 1.18 bits per heavy atom. The third-order valence-electron chi connectivity index (χ3n) is 1.23. The molecule has 0 unspecified atom stereocenters. The highest BCUT2D eigenvalue weighted by molar-refractivity contribution is 4.55. The van der Waals surface area contributed by atoms with Crippen LogP contribution in [-0.2, 0) is 4.89 Å². The van der Waals surface area contributed by atoms with Crippen molar-refractivity contribution in [2.24, 2.45) is 0 Å². The van der Waals surface area contributed by atoms with Crippen molar-refractivity contribution in [1.29, 1.82) is 0 Å². The molecule has 1 aliphatic heterocycles. The van der Waals surface area contributed by atoms with Gasteiger partial charge in [-0.05, 0) is 46.7 Å². The first-order valence-corrected chi connectivity index (χ1v) is 4.09. The molecule has 1 heterocycles. The maximum Gasteiger partial charge on any atom is 0.0949 e. The first-order valence-electron chi connectivity index (χ1n) is 4.09. The summed E-state index contributed by atoms with van der Waals surface area (Å²) in [6.07, 6.45) is 2.78. The van der Waals surface area contributed by atoms with E-state index < -0.39 is 5.60 Å². The summed E-state index contributed by atoms with van der Waals surface area (Å²) >= 11 is 0. The second-order valence-corrected chi connectivity index (χ2v) is 3.66. The average molecular weight is 161 g/mol. The Morgan fingerprint density at radius 3 is 1.64 bits per heavy atom. The Balaban J connectivity index is 0.000000183. The van der Waals surface area contributed by atoms with Gasteiger partial charge >= 0.3 is 0 Å².